The molecule has 0 saturated heterocycles. The number of hydrogen-bond donors (Lipinski definition) is 2. The summed E-state index contributed by atoms with van der Waals surface area (Å²) < 4.78 is 9.11. The molecule has 3 N–H and O–H groups in total. The van der Waals surface area contributed by atoms with Crippen molar-refractivity contribution in [1.29, 1.82) is 0 Å². The number of carbonyl (C=O) groups is 2. The summed E-state index contributed by atoms with van der Waals surface area (Å²) in [4.78, 5) is 22.2. The highest BCUT2D eigenvalue weighted by Gasteiger charge is 2.18. The average Bonchev–Trinajstić information content (AvgIpc) is 2.36. The maximum atomic E-state index is 11.2. The van der Waals surface area contributed by atoms with Crippen LogP contribution >= 0.6 is 21.6 Å². The molecular weight excluding hydrogens is 264 g/mol. The van der Waals surface area contributed by atoms with Gasteiger partial charge in [0.1, 0.15) is 12.1 Å². The van der Waals surface area contributed by atoms with Gasteiger partial charge in [-0.3, -0.25) is 9.59 Å². The molecule has 0 aliphatic rings. The molecule has 6 nitrogen and oxygen atoms in total. The van der Waals surface area contributed by atoms with E-state index < -0.39 is 12.0 Å². The predicted molar refractivity (Wildman–Crippen MR) is 69.8 cm³/mol. The molecule has 0 amide bonds. The minimum atomic E-state index is -0.635. The van der Waals surface area contributed by atoms with E-state index >= 15 is 0 Å². The fourth-order valence-electron chi connectivity index (χ4n) is 0.868. The minimum absolute atomic E-state index is 0.308. The maximum absolute atomic E-state index is 11.2. The van der Waals surface area contributed by atoms with Crippen molar-refractivity contribution in [1.82, 2.24) is 5.32 Å². The standard InChI is InChI=1S/C9H18N2O4S2/c1-11-7(9(13)15-3)5-17-16-4-6(10)8(12)14-2/h6-7,11H,4-5,10H2,1-3H3. The highest BCUT2D eigenvalue weighted by molar-refractivity contribution is 8.76. The molecule has 0 aromatic carbocycles. The Labute approximate surface area is 109 Å². The van der Waals surface area contributed by atoms with Gasteiger partial charge in [-0.2, -0.15) is 0 Å². The molecule has 8 heteroatoms. The van der Waals surface area contributed by atoms with E-state index in [1.807, 2.05) is 0 Å². The largest absolute Gasteiger partial charge is 0.468 e. The third-order valence-corrected chi connectivity index (χ3v) is 4.35. The molecule has 0 aromatic heterocycles. The Morgan fingerprint density at radius 1 is 1.18 bits per heavy atom. The predicted octanol–water partition coefficient (Wildman–Crippen LogP) is -0.371. The SMILES string of the molecule is CNC(CSSCC(N)C(=O)OC)C(=O)OC. The first-order valence-corrected chi connectivity index (χ1v) is 7.38. The monoisotopic (exact) mass is 282 g/mol. The number of ether oxygens (including phenoxy) is 2. The molecule has 0 heterocycles. The van der Waals surface area contributed by atoms with Gasteiger partial charge in [0.25, 0.3) is 0 Å². The minimum Gasteiger partial charge on any atom is -0.468 e. The van der Waals surface area contributed by atoms with Crippen LogP contribution in [0.1, 0.15) is 0 Å². The van der Waals surface area contributed by atoms with Crippen molar-refractivity contribution in [3.63, 3.8) is 0 Å². The van der Waals surface area contributed by atoms with Crippen molar-refractivity contribution < 1.29 is 19.1 Å². The second-order valence-electron chi connectivity index (χ2n) is 3.06. The first-order chi connectivity index (χ1) is 8.06. The Hall–Kier alpha value is -0.440. The lowest BCUT2D eigenvalue weighted by molar-refractivity contribution is -0.142. The first kappa shape index (κ1) is 16.6. The summed E-state index contributed by atoms with van der Waals surface area (Å²) >= 11 is 0. The number of nitrogens with two attached hydrogens (primary N) is 1. The van der Waals surface area contributed by atoms with Gasteiger partial charge < -0.3 is 20.5 Å². The van der Waals surface area contributed by atoms with Crippen LogP contribution in [0.3, 0.4) is 0 Å². The van der Waals surface area contributed by atoms with Crippen molar-refractivity contribution in [2.45, 2.75) is 12.1 Å². The molecular formula is C9H18N2O4S2. The van der Waals surface area contributed by atoms with Crippen LogP contribution in [0.25, 0.3) is 0 Å². The van der Waals surface area contributed by atoms with Crippen molar-refractivity contribution in [3.05, 3.63) is 0 Å². The van der Waals surface area contributed by atoms with Gasteiger partial charge in [-0.1, -0.05) is 21.6 Å². The van der Waals surface area contributed by atoms with Crippen LogP contribution in [0.2, 0.25) is 0 Å². The zero-order valence-electron chi connectivity index (χ0n) is 10.1. The lowest BCUT2D eigenvalue weighted by Gasteiger charge is -2.13. The molecule has 0 aliphatic heterocycles. The van der Waals surface area contributed by atoms with E-state index in [0.717, 1.165) is 0 Å². The summed E-state index contributed by atoms with van der Waals surface area (Å²) in [5.41, 5.74) is 5.55. The summed E-state index contributed by atoms with van der Waals surface area (Å²) in [6, 6.07) is -0.990. The molecule has 0 aliphatic carbocycles. The van der Waals surface area contributed by atoms with Gasteiger partial charge in [0.2, 0.25) is 0 Å². The Morgan fingerprint density at radius 2 is 1.71 bits per heavy atom. The molecule has 0 saturated carbocycles. The fourth-order valence-corrected chi connectivity index (χ4v) is 3.21. The van der Waals surface area contributed by atoms with Crippen LogP contribution in [-0.4, -0.2) is 56.8 Å². The van der Waals surface area contributed by atoms with E-state index in [2.05, 4.69) is 14.8 Å². The summed E-state index contributed by atoms with van der Waals surface area (Å²) in [5, 5.41) is 2.84. The van der Waals surface area contributed by atoms with Gasteiger partial charge >= 0.3 is 11.9 Å². The van der Waals surface area contributed by atoms with E-state index in [1.54, 1.807) is 7.05 Å². The quantitative estimate of drug-likeness (QED) is 0.354. The van der Waals surface area contributed by atoms with Crippen LogP contribution in [0.15, 0.2) is 0 Å². The van der Waals surface area contributed by atoms with Gasteiger partial charge in [-0.15, -0.1) is 0 Å². The Bertz CT molecular complexity index is 253. The summed E-state index contributed by atoms with van der Waals surface area (Å²) in [6.45, 7) is 0. The molecule has 2 atom stereocenters. The first-order valence-electron chi connectivity index (χ1n) is 4.89. The second kappa shape index (κ2) is 9.58. The molecule has 0 radical (unpaired) electrons. The Balaban J connectivity index is 3.76. The van der Waals surface area contributed by atoms with E-state index in [9.17, 15) is 9.59 Å². The molecule has 0 rings (SSSR count). The zero-order chi connectivity index (χ0) is 13.3. The molecule has 0 bridgehead atoms. The van der Waals surface area contributed by atoms with Crippen molar-refractivity contribution >= 4 is 33.5 Å². The third kappa shape index (κ3) is 6.77. The normalized spacial score (nSPS) is 13.9. The van der Waals surface area contributed by atoms with Gasteiger partial charge in [0.05, 0.1) is 14.2 Å². The molecule has 0 fully saturated rings. The van der Waals surface area contributed by atoms with E-state index in [-0.39, 0.29) is 12.0 Å². The Kier molecular flexibility index (Phi) is 9.33. The van der Waals surface area contributed by atoms with E-state index in [4.69, 9.17) is 5.73 Å². The number of methoxy groups -OCH3 is 2. The summed E-state index contributed by atoms with van der Waals surface area (Å²) in [7, 11) is 7.20. The van der Waals surface area contributed by atoms with Gasteiger partial charge in [0, 0.05) is 11.5 Å². The lowest BCUT2D eigenvalue weighted by atomic mass is 10.3. The number of carbonyl (C=O) groups excluding carboxylic acids is 2. The number of nitrogens with one attached hydrogen (secondary N) is 1. The number of rotatable bonds is 8. The number of esters is 2. The zero-order valence-corrected chi connectivity index (χ0v) is 11.7. The molecule has 2 unspecified atom stereocenters. The lowest BCUT2D eigenvalue weighted by Crippen LogP contribution is -2.37. The van der Waals surface area contributed by atoms with Crippen molar-refractivity contribution in [2.24, 2.45) is 5.73 Å². The second-order valence-corrected chi connectivity index (χ2v) is 5.62. The van der Waals surface area contributed by atoms with Gasteiger partial charge in [0.15, 0.2) is 0 Å². The van der Waals surface area contributed by atoms with Crippen LogP contribution in [-0.2, 0) is 19.1 Å². The number of likely N-dealkylation sites (N-methyl/N-ethyl adjacent to an activating group) is 1. The Morgan fingerprint density at radius 3 is 2.18 bits per heavy atom. The van der Waals surface area contributed by atoms with E-state index in [1.165, 1.54) is 35.8 Å². The van der Waals surface area contributed by atoms with Crippen LogP contribution < -0.4 is 11.1 Å². The summed E-state index contributed by atoms with van der Waals surface area (Å²) in [5.74, 6) is 0.241. The average molecular weight is 282 g/mol. The smallest absolute Gasteiger partial charge is 0.323 e. The third-order valence-electron chi connectivity index (χ3n) is 1.90. The molecule has 100 valence electrons. The van der Waals surface area contributed by atoms with Crippen LogP contribution in [0, 0.1) is 0 Å². The highest BCUT2D eigenvalue weighted by atomic mass is 33.1. The summed E-state index contributed by atoms with van der Waals surface area (Å²) in [6.07, 6.45) is 0. The highest BCUT2D eigenvalue weighted by Crippen LogP contribution is 2.22. The molecule has 17 heavy (non-hydrogen) atoms. The van der Waals surface area contributed by atoms with E-state index in [0.29, 0.717) is 11.5 Å². The van der Waals surface area contributed by atoms with Crippen LogP contribution in [0.5, 0.6) is 0 Å². The molecule has 0 spiro atoms. The fraction of sp³-hybridized carbons (Fsp3) is 0.778. The van der Waals surface area contributed by atoms with Crippen molar-refractivity contribution in [3.8, 4) is 0 Å². The molecule has 0 aromatic rings. The van der Waals surface area contributed by atoms with Crippen LogP contribution in [0.4, 0.5) is 0 Å². The maximum Gasteiger partial charge on any atom is 0.323 e. The topological polar surface area (TPSA) is 90.6 Å². The van der Waals surface area contributed by atoms with Crippen molar-refractivity contribution in [2.75, 3.05) is 32.8 Å². The van der Waals surface area contributed by atoms with Gasteiger partial charge in [-0.25, -0.2) is 0 Å². The number of hydrogen-bond acceptors (Lipinski definition) is 8. The van der Waals surface area contributed by atoms with Gasteiger partial charge in [-0.05, 0) is 7.05 Å².